The lowest BCUT2D eigenvalue weighted by molar-refractivity contribution is 0.0525. The largest absolute Gasteiger partial charge is 0.462 e. The van der Waals surface area contributed by atoms with Crippen LogP contribution in [0.5, 0.6) is 0 Å². The molecule has 1 atom stereocenters. The molecule has 2 heterocycles. The third kappa shape index (κ3) is 3.65. The minimum Gasteiger partial charge on any atom is -0.462 e. The smallest absolute Gasteiger partial charge is 0.339 e. The first-order valence-corrected chi connectivity index (χ1v) is 8.84. The average Bonchev–Trinajstić information content (AvgIpc) is 2.76. The number of sulfone groups is 1. The van der Waals surface area contributed by atoms with Crippen LogP contribution in [-0.2, 0) is 21.1 Å². The van der Waals surface area contributed by atoms with Crippen molar-refractivity contribution in [2.45, 2.75) is 32.6 Å². The Kier molecular flexibility index (Phi) is 4.73. The molecule has 6 nitrogen and oxygen atoms in total. The lowest BCUT2D eigenvalue weighted by Crippen LogP contribution is -2.44. The summed E-state index contributed by atoms with van der Waals surface area (Å²) in [5.74, 6) is -0.134. The predicted molar refractivity (Wildman–Crippen MR) is 80.0 cm³/mol. The Bertz CT molecular complexity index is 621. The molecule has 1 fully saturated rings. The molecule has 0 aromatic carbocycles. The third-order valence-corrected chi connectivity index (χ3v) is 5.91. The Morgan fingerprint density at radius 3 is 2.86 bits per heavy atom. The summed E-state index contributed by atoms with van der Waals surface area (Å²) in [5.41, 5.74) is 2.23. The van der Waals surface area contributed by atoms with Gasteiger partial charge in [0.05, 0.1) is 23.2 Å². The van der Waals surface area contributed by atoms with Gasteiger partial charge >= 0.3 is 5.97 Å². The van der Waals surface area contributed by atoms with Crippen molar-refractivity contribution in [3.8, 4) is 0 Å². The summed E-state index contributed by atoms with van der Waals surface area (Å²) in [4.78, 5) is 17.0. The van der Waals surface area contributed by atoms with Gasteiger partial charge in [-0.1, -0.05) is 0 Å². The van der Waals surface area contributed by atoms with E-state index in [0.717, 1.165) is 11.4 Å². The number of hydrogen-bond donors (Lipinski definition) is 1. The molecule has 0 spiro atoms. The number of carbonyl (C=O) groups excluding carboxylic acids is 1. The van der Waals surface area contributed by atoms with Crippen LogP contribution in [-0.4, -0.2) is 55.0 Å². The molecular weight excluding hydrogens is 292 g/mol. The molecule has 0 radical (unpaired) electrons. The second kappa shape index (κ2) is 6.19. The highest BCUT2D eigenvalue weighted by atomic mass is 32.2. The topological polar surface area (TPSA) is 79.5 Å². The molecule has 0 bridgehead atoms. The van der Waals surface area contributed by atoms with Crippen molar-refractivity contribution in [3.05, 3.63) is 23.0 Å². The Morgan fingerprint density at radius 1 is 1.52 bits per heavy atom. The number of hydrogen-bond acceptors (Lipinski definition) is 5. The number of esters is 1. The van der Waals surface area contributed by atoms with Crippen molar-refractivity contribution in [2.24, 2.45) is 0 Å². The normalized spacial score (nSPS) is 22.1. The van der Waals surface area contributed by atoms with Gasteiger partial charge in [-0.05, 0) is 26.8 Å². The average molecular weight is 314 g/mol. The molecule has 0 unspecified atom stereocenters. The number of H-pyrrole nitrogens is 1. The number of carbonyl (C=O) groups is 1. The number of ether oxygens (including phenoxy) is 1. The molecule has 7 heteroatoms. The van der Waals surface area contributed by atoms with Gasteiger partial charge in [-0.25, -0.2) is 13.2 Å². The van der Waals surface area contributed by atoms with E-state index in [1.807, 2.05) is 6.92 Å². The maximum absolute atomic E-state index is 11.8. The summed E-state index contributed by atoms with van der Waals surface area (Å²) in [6.07, 6.45) is 0. The second-order valence-corrected chi connectivity index (χ2v) is 8.01. The molecular formula is C14H22N2O4S. The molecule has 1 N–H and O–H groups in total. The van der Waals surface area contributed by atoms with Gasteiger partial charge in [0.1, 0.15) is 0 Å². The Morgan fingerprint density at radius 2 is 2.24 bits per heavy atom. The van der Waals surface area contributed by atoms with Crippen LogP contribution < -0.4 is 0 Å². The standard InChI is InChI=1S/C14H22N2O4S/c1-4-20-14(17)13-7-12(15-11(13)3)9-16-5-6-21(18,19)10(2)8-16/h7,10,15H,4-6,8-9H2,1-3H3/t10-/m0/s1. The van der Waals surface area contributed by atoms with Crippen LogP contribution in [0.3, 0.4) is 0 Å². The van der Waals surface area contributed by atoms with Gasteiger partial charge in [-0.15, -0.1) is 0 Å². The van der Waals surface area contributed by atoms with Crippen molar-refractivity contribution < 1.29 is 17.9 Å². The van der Waals surface area contributed by atoms with Crippen molar-refractivity contribution in [1.82, 2.24) is 9.88 Å². The molecule has 0 saturated carbocycles. The fourth-order valence-corrected chi connectivity index (χ4v) is 3.90. The molecule has 2 rings (SSSR count). The summed E-state index contributed by atoms with van der Waals surface area (Å²) in [6.45, 7) is 7.36. The van der Waals surface area contributed by atoms with Gasteiger partial charge in [0.15, 0.2) is 9.84 Å². The Hall–Kier alpha value is -1.34. The highest BCUT2D eigenvalue weighted by Crippen LogP contribution is 2.17. The molecule has 21 heavy (non-hydrogen) atoms. The van der Waals surface area contributed by atoms with E-state index in [-0.39, 0.29) is 17.0 Å². The van der Waals surface area contributed by atoms with E-state index in [4.69, 9.17) is 4.74 Å². The Balaban J connectivity index is 2.04. The van der Waals surface area contributed by atoms with Gasteiger partial charge in [0.25, 0.3) is 0 Å². The van der Waals surface area contributed by atoms with E-state index in [1.54, 1.807) is 19.9 Å². The fraction of sp³-hybridized carbons (Fsp3) is 0.643. The van der Waals surface area contributed by atoms with E-state index in [9.17, 15) is 13.2 Å². The van der Waals surface area contributed by atoms with Gasteiger partial charge in [-0.3, -0.25) is 4.90 Å². The molecule has 118 valence electrons. The third-order valence-electron chi connectivity index (χ3n) is 3.78. The number of aromatic nitrogens is 1. The molecule has 0 aliphatic carbocycles. The number of aryl methyl sites for hydroxylation is 1. The number of nitrogens with zero attached hydrogens (tertiary/aromatic N) is 1. The molecule has 1 aliphatic heterocycles. The molecule has 1 saturated heterocycles. The van der Waals surface area contributed by atoms with Crippen LogP contribution >= 0.6 is 0 Å². The fourth-order valence-electron chi connectivity index (χ4n) is 2.54. The van der Waals surface area contributed by atoms with Crippen molar-refractivity contribution in [3.63, 3.8) is 0 Å². The van der Waals surface area contributed by atoms with E-state index in [1.165, 1.54) is 0 Å². The minimum absolute atomic E-state index is 0.193. The number of aromatic amines is 1. The second-order valence-electron chi connectivity index (χ2n) is 5.47. The number of nitrogens with one attached hydrogen (secondary N) is 1. The summed E-state index contributed by atoms with van der Waals surface area (Å²) in [6, 6.07) is 1.79. The predicted octanol–water partition coefficient (Wildman–Crippen LogP) is 1.12. The van der Waals surface area contributed by atoms with Crippen LogP contribution in [0.1, 0.15) is 35.6 Å². The highest BCUT2D eigenvalue weighted by molar-refractivity contribution is 7.92. The lowest BCUT2D eigenvalue weighted by Gasteiger charge is -2.30. The maximum atomic E-state index is 11.8. The SMILES string of the molecule is CCOC(=O)c1cc(CN2CCS(=O)(=O)[C@@H](C)C2)[nH]c1C. The number of rotatable bonds is 4. The first-order valence-electron chi connectivity index (χ1n) is 7.13. The first-order chi connectivity index (χ1) is 9.83. The maximum Gasteiger partial charge on any atom is 0.339 e. The van der Waals surface area contributed by atoms with Crippen LogP contribution in [0, 0.1) is 6.92 Å². The van der Waals surface area contributed by atoms with Crippen LogP contribution in [0.4, 0.5) is 0 Å². The van der Waals surface area contributed by atoms with E-state index in [2.05, 4.69) is 9.88 Å². The van der Waals surface area contributed by atoms with Crippen LogP contribution in [0.25, 0.3) is 0 Å². The van der Waals surface area contributed by atoms with Crippen molar-refractivity contribution in [1.29, 1.82) is 0 Å². The monoisotopic (exact) mass is 314 g/mol. The summed E-state index contributed by atoms with van der Waals surface area (Å²) in [5, 5.41) is -0.341. The van der Waals surface area contributed by atoms with E-state index in [0.29, 0.717) is 31.8 Å². The van der Waals surface area contributed by atoms with Crippen LogP contribution in [0.2, 0.25) is 0 Å². The molecule has 0 amide bonds. The minimum atomic E-state index is -2.94. The zero-order chi connectivity index (χ0) is 15.6. The summed E-state index contributed by atoms with van der Waals surface area (Å²) < 4.78 is 28.4. The quantitative estimate of drug-likeness (QED) is 0.843. The van der Waals surface area contributed by atoms with Gasteiger partial charge in [0, 0.05) is 31.0 Å². The lowest BCUT2D eigenvalue weighted by atomic mass is 10.2. The van der Waals surface area contributed by atoms with Gasteiger partial charge in [-0.2, -0.15) is 0 Å². The van der Waals surface area contributed by atoms with Crippen molar-refractivity contribution >= 4 is 15.8 Å². The first kappa shape index (κ1) is 16.0. The van der Waals surface area contributed by atoms with E-state index >= 15 is 0 Å². The van der Waals surface area contributed by atoms with Gasteiger partial charge in [0.2, 0.25) is 0 Å². The Labute approximate surface area is 125 Å². The van der Waals surface area contributed by atoms with Crippen LogP contribution in [0.15, 0.2) is 6.07 Å². The zero-order valence-corrected chi connectivity index (χ0v) is 13.5. The van der Waals surface area contributed by atoms with Crippen molar-refractivity contribution in [2.75, 3.05) is 25.4 Å². The molecule has 1 aromatic heterocycles. The molecule has 1 aromatic rings. The molecule has 1 aliphatic rings. The summed E-state index contributed by atoms with van der Waals surface area (Å²) in [7, 11) is -2.94. The van der Waals surface area contributed by atoms with Gasteiger partial charge < -0.3 is 9.72 Å². The van der Waals surface area contributed by atoms with E-state index < -0.39 is 9.84 Å². The summed E-state index contributed by atoms with van der Waals surface area (Å²) >= 11 is 0. The zero-order valence-electron chi connectivity index (χ0n) is 12.7. The highest BCUT2D eigenvalue weighted by Gasteiger charge is 2.29.